The number of nitrogens with zero attached hydrogens (tertiary/aromatic N) is 4. The molecule has 0 aliphatic rings. The molecule has 0 radical (unpaired) electrons. The second-order valence-electron chi connectivity index (χ2n) is 7.66. The zero-order valence-electron chi connectivity index (χ0n) is 18.3. The Morgan fingerprint density at radius 1 is 1.03 bits per heavy atom. The van der Waals surface area contributed by atoms with Crippen LogP contribution < -0.4 is 5.32 Å². The van der Waals surface area contributed by atoms with Gasteiger partial charge in [0.15, 0.2) is 28.4 Å². The number of para-hydroxylation sites is 1. The van der Waals surface area contributed by atoms with Gasteiger partial charge in [-0.15, -0.1) is 10.2 Å². The number of carbonyl (C=O) groups is 1. The number of benzene rings is 2. The summed E-state index contributed by atoms with van der Waals surface area (Å²) in [5.41, 5.74) is 2.22. The lowest BCUT2D eigenvalue weighted by molar-refractivity contribution is -0.113. The van der Waals surface area contributed by atoms with Gasteiger partial charge in [0.25, 0.3) is 0 Å². The molecule has 1 amide bonds. The third kappa shape index (κ3) is 4.81. The maximum Gasteiger partial charge on any atom is 0.234 e. The van der Waals surface area contributed by atoms with Crippen molar-refractivity contribution >= 4 is 23.4 Å². The molecule has 4 rings (SSSR count). The summed E-state index contributed by atoms with van der Waals surface area (Å²) < 4.78 is 42.4. The fourth-order valence-corrected chi connectivity index (χ4v) is 4.13. The highest BCUT2D eigenvalue weighted by Crippen LogP contribution is 2.32. The molecule has 1 N–H and O–H groups in total. The average molecular weight is 484 g/mol. The summed E-state index contributed by atoms with van der Waals surface area (Å²) in [6, 6.07) is 13.2. The number of halogens is 3. The molecule has 174 valence electrons. The van der Waals surface area contributed by atoms with E-state index in [2.05, 4.69) is 34.3 Å². The van der Waals surface area contributed by atoms with Gasteiger partial charge < -0.3 is 5.32 Å². The minimum atomic E-state index is -1.64. The van der Waals surface area contributed by atoms with E-state index in [0.717, 1.165) is 40.7 Å². The van der Waals surface area contributed by atoms with E-state index < -0.39 is 29.0 Å². The molecule has 10 heteroatoms. The summed E-state index contributed by atoms with van der Waals surface area (Å²) in [4.78, 5) is 16.6. The molecule has 6 nitrogen and oxygen atoms in total. The number of nitrogens with one attached hydrogen (secondary N) is 1. The van der Waals surface area contributed by atoms with Gasteiger partial charge in [0.1, 0.15) is 0 Å². The summed E-state index contributed by atoms with van der Waals surface area (Å²) in [5.74, 6) is -4.43. The molecule has 2 heterocycles. The molecular formula is C24H20F3N5OS. The Bertz CT molecular complexity index is 1330. The number of pyridine rings is 1. The minimum absolute atomic E-state index is 0.159. The Labute approximate surface area is 198 Å². The molecule has 0 bridgehead atoms. The lowest BCUT2D eigenvalue weighted by atomic mass is 10.0. The number of rotatable bonds is 7. The quantitative estimate of drug-likeness (QED) is 0.274. The molecule has 2 aromatic heterocycles. The number of aromatic nitrogens is 4. The number of carbonyl (C=O) groups excluding carboxylic acids is 1. The zero-order chi connectivity index (χ0) is 24.2. The van der Waals surface area contributed by atoms with Gasteiger partial charge in [-0.05, 0) is 41.8 Å². The van der Waals surface area contributed by atoms with Gasteiger partial charge in [0, 0.05) is 18.0 Å². The highest BCUT2D eigenvalue weighted by atomic mass is 32.2. The minimum Gasteiger partial charge on any atom is -0.323 e. The van der Waals surface area contributed by atoms with Crippen LogP contribution in [0.15, 0.2) is 66.1 Å². The van der Waals surface area contributed by atoms with Gasteiger partial charge in [-0.1, -0.05) is 43.8 Å². The second kappa shape index (κ2) is 10.1. The van der Waals surface area contributed by atoms with Crippen molar-refractivity contribution in [3.8, 4) is 17.1 Å². The molecule has 34 heavy (non-hydrogen) atoms. The van der Waals surface area contributed by atoms with Crippen LogP contribution in [0.25, 0.3) is 17.1 Å². The maximum absolute atomic E-state index is 13.9. The lowest BCUT2D eigenvalue weighted by Crippen LogP contribution is -2.16. The van der Waals surface area contributed by atoms with Crippen molar-refractivity contribution in [3.63, 3.8) is 0 Å². The van der Waals surface area contributed by atoms with E-state index in [4.69, 9.17) is 0 Å². The fourth-order valence-electron chi connectivity index (χ4n) is 3.38. The van der Waals surface area contributed by atoms with E-state index in [1.807, 2.05) is 34.9 Å². The summed E-state index contributed by atoms with van der Waals surface area (Å²) >= 11 is 1.08. The molecule has 0 fully saturated rings. The van der Waals surface area contributed by atoms with Gasteiger partial charge in [-0.25, -0.2) is 13.2 Å². The van der Waals surface area contributed by atoms with E-state index in [0.29, 0.717) is 11.0 Å². The van der Waals surface area contributed by atoms with Crippen molar-refractivity contribution in [2.75, 3.05) is 11.1 Å². The van der Waals surface area contributed by atoms with Gasteiger partial charge in [-0.2, -0.15) is 0 Å². The zero-order valence-corrected chi connectivity index (χ0v) is 19.1. The first kappa shape index (κ1) is 23.5. The molecular weight excluding hydrogens is 463 g/mol. The second-order valence-corrected chi connectivity index (χ2v) is 8.60. The third-order valence-electron chi connectivity index (χ3n) is 4.99. The third-order valence-corrected chi connectivity index (χ3v) is 5.92. The Kier molecular flexibility index (Phi) is 6.97. The van der Waals surface area contributed by atoms with E-state index >= 15 is 0 Å². The average Bonchev–Trinajstić information content (AvgIpc) is 3.27. The van der Waals surface area contributed by atoms with Crippen molar-refractivity contribution in [2.24, 2.45) is 0 Å². The molecule has 0 aliphatic heterocycles. The van der Waals surface area contributed by atoms with Crippen LogP contribution in [-0.4, -0.2) is 31.4 Å². The van der Waals surface area contributed by atoms with Crippen molar-refractivity contribution < 1.29 is 18.0 Å². The van der Waals surface area contributed by atoms with Crippen molar-refractivity contribution in [1.82, 2.24) is 19.7 Å². The van der Waals surface area contributed by atoms with Crippen molar-refractivity contribution in [2.45, 2.75) is 24.9 Å². The number of hydrogen-bond acceptors (Lipinski definition) is 5. The van der Waals surface area contributed by atoms with Crippen molar-refractivity contribution in [1.29, 1.82) is 0 Å². The van der Waals surface area contributed by atoms with E-state index in [1.54, 1.807) is 18.5 Å². The molecule has 0 atom stereocenters. The first-order chi connectivity index (χ1) is 16.4. The van der Waals surface area contributed by atoms with E-state index in [9.17, 15) is 18.0 Å². The van der Waals surface area contributed by atoms with Gasteiger partial charge in [0.2, 0.25) is 5.91 Å². The summed E-state index contributed by atoms with van der Waals surface area (Å²) in [5, 5.41) is 11.3. The predicted molar refractivity (Wildman–Crippen MR) is 124 cm³/mol. The molecule has 0 saturated heterocycles. The molecule has 2 aromatic carbocycles. The molecule has 0 unspecified atom stereocenters. The summed E-state index contributed by atoms with van der Waals surface area (Å²) in [6.45, 7) is 4.15. The van der Waals surface area contributed by atoms with Crippen LogP contribution in [0.5, 0.6) is 0 Å². The SMILES string of the molecule is CC(C)c1ccccc1-n1c(SCC(=O)Nc2ccc(F)c(F)c2F)nnc1-c1cccnc1. The largest absolute Gasteiger partial charge is 0.323 e. The topological polar surface area (TPSA) is 72.7 Å². The van der Waals surface area contributed by atoms with Gasteiger partial charge >= 0.3 is 0 Å². The lowest BCUT2D eigenvalue weighted by Gasteiger charge is -2.16. The molecule has 0 saturated carbocycles. The van der Waals surface area contributed by atoms with E-state index in [1.165, 1.54) is 0 Å². The predicted octanol–water partition coefficient (Wildman–Crippen LogP) is 5.60. The first-order valence-electron chi connectivity index (χ1n) is 10.4. The van der Waals surface area contributed by atoms with Crippen LogP contribution in [0.3, 0.4) is 0 Å². The molecule has 0 aliphatic carbocycles. The smallest absolute Gasteiger partial charge is 0.234 e. The Morgan fingerprint density at radius 3 is 2.56 bits per heavy atom. The number of thioether (sulfide) groups is 1. The van der Waals surface area contributed by atoms with Crippen LogP contribution in [0.2, 0.25) is 0 Å². The van der Waals surface area contributed by atoms with Crippen LogP contribution in [-0.2, 0) is 4.79 Å². The normalized spacial score (nSPS) is 11.1. The number of anilines is 1. The number of amides is 1. The number of hydrogen-bond donors (Lipinski definition) is 1. The fraction of sp³-hybridized carbons (Fsp3) is 0.167. The van der Waals surface area contributed by atoms with E-state index in [-0.39, 0.29) is 11.7 Å². The molecule has 0 spiro atoms. The van der Waals surface area contributed by atoms with Gasteiger partial charge in [0.05, 0.1) is 17.1 Å². The Balaban J connectivity index is 1.65. The monoisotopic (exact) mass is 483 g/mol. The summed E-state index contributed by atoms with van der Waals surface area (Å²) in [6.07, 6.45) is 3.33. The Morgan fingerprint density at radius 2 is 1.82 bits per heavy atom. The molecule has 4 aromatic rings. The van der Waals surface area contributed by atoms with Crippen LogP contribution in [0.4, 0.5) is 18.9 Å². The van der Waals surface area contributed by atoms with Crippen LogP contribution in [0.1, 0.15) is 25.3 Å². The maximum atomic E-state index is 13.9. The Hall–Kier alpha value is -3.66. The standard InChI is InChI=1S/C24H20F3N5OS/c1-14(2)16-7-3-4-8-19(16)32-23(15-6-5-11-28-12-15)30-31-24(32)34-13-20(33)29-18-10-9-17(25)21(26)22(18)27/h3-12,14H,13H2,1-2H3,(H,29,33). The van der Waals surface area contributed by atoms with Gasteiger partial charge in [-0.3, -0.25) is 14.3 Å². The van der Waals surface area contributed by atoms with Crippen LogP contribution >= 0.6 is 11.8 Å². The highest BCUT2D eigenvalue weighted by molar-refractivity contribution is 7.99. The summed E-state index contributed by atoms with van der Waals surface area (Å²) in [7, 11) is 0. The highest BCUT2D eigenvalue weighted by Gasteiger charge is 2.21. The van der Waals surface area contributed by atoms with Crippen LogP contribution in [0, 0.1) is 17.5 Å². The first-order valence-corrected chi connectivity index (χ1v) is 11.4. The van der Waals surface area contributed by atoms with Crippen molar-refractivity contribution in [3.05, 3.63) is 83.9 Å².